The Morgan fingerprint density at radius 1 is 1.22 bits per heavy atom. The molecule has 0 radical (unpaired) electrons. The van der Waals surface area contributed by atoms with Crippen molar-refractivity contribution in [3.63, 3.8) is 0 Å². The zero-order chi connectivity index (χ0) is 16.1. The van der Waals surface area contributed by atoms with Crippen LogP contribution >= 0.6 is 22.7 Å². The topological polar surface area (TPSA) is 51.2 Å². The molecule has 1 N–H and O–H groups in total. The van der Waals surface area contributed by atoms with E-state index in [1.165, 1.54) is 11.3 Å². The standard InChI is InChI=1S/C17H16N2O2S2/c1-21-14-6-3-2-5-12(14)8-9-16(20)19-17-18-13(11-23-17)15-7-4-10-22-15/h2-7,10-11H,8-9H2,1H3,(H,18,19,20). The molecule has 4 nitrogen and oxygen atoms in total. The number of aromatic nitrogens is 1. The summed E-state index contributed by atoms with van der Waals surface area (Å²) in [5.74, 6) is 0.775. The van der Waals surface area contributed by atoms with Gasteiger partial charge in [-0.3, -0.25) is 4.79 Å². The molecule has 118 valence electrons. The number of methoxy groups -OCH3 is 1. The molecule has 0 saturated heterocycles. The minimum atomic E-state index is -0.0389. The molecule has 0 aliphatic heterocycles. The molecule has 0 aliphatic carbocycles. The van der Waals surface area contributed by atoms with Crippen LogP contribution in [0.5, 0.6) is 5.75 Å². The van der Waals surface area contributed by atoms with Gasteiger partial charge in [0.25, 0.3) is 0 Å². The fourth-order valence-corrected chi connectivity index (χ4v) is 3.70. The van der Waals surface area contributed by atoms with Gasteiger partial charge in [-0.15, -0.1) is 22.7 Å². The van der Waals surface area contributed by atoms with Gasteiger partial charge in [-0.1, -0.05) is 24.3 Å². The van der Waals surface area contributed by atoms with Gasteiger partial charge in [0, 0.05) is 11.8 Å². The first kappa shape index (κ1) is 15.7. The summed E-state index contributed by atoms with van der Waals surface area (Å²) in [6.45, 7) is 0. The van der Waals surface area contributed by atoms with Gasteiger partial charge in [0.05, 0.1) is 17.7 Å². The second-order valence-corrected chi connectivity index (χ2v) is 6.68. The molecule has 1 amide bonds. The van der Waals surface area contributed by atoms with E-state index in [1.54, 1.807) is 18.4 Å². The van der Waals surface area contributed by atoms with Crippen LogP contribution in [0.15, 0.2) is 47.2 Å². The average molecular weight is 344 g/mol. The summed E-state index contributed by atoms with van der Waals surface area (Å²) in [6.07, 6.45) is 1.04. The summed E-state index contributed by atoms with van der Waals surface area (Å²) in [4.78, 5) is 17.7. The number of thiazole rings is 1. The number of carbonyl (C=O) groups is 1. The molecule has 3 aromatic rings. The lowest BCUT2D eigenvalue weighted by atomic mass is 10.1. The fourth-order valence-electron chi connectivity index (χ4n) is 2.21. The molecule has 0 unspecified atom stereocenters. The highest BCUT2D eigenvalue weighted by Gasteiger charge is 2.10. The lowest BCUT2D eigenvalue weighted by Crippen LogP contribution is -2.12. The van der Waals surface area contributed by atoms with Crippen molar-refractivity contribution in [3.8, 4) is 16.3 Å². The van der Waals surface area contributed by atoms with Crippen molar-refractivity contribution in [2.45, 2.75) is 12.8 Å². The molecule has 0 spiro atoms. The highest BCUT2D eigenvalue weighted by atomic mass is 32.1. The maximum Gasteiger partial charge on any atom is 0.226 e. The predicted octanol–water partition coefficient (Wildman–Crippen LogP) is 4.45. The molecule has 23 heavy (non-hydrogen) atoms. The second kappa shape index (κ2) is 7.39. The third kappa shape index (κ3) is 3.97. The van der Waals surface area contributed by atoms with Crippen molar-refractivity contribution >= 4 is 33.7 Å². The van der Waals surface area contributed by atoms with E-state index in [2.05, 4.69) is 10.3 Å². The highest BCUT2D eigenvalue weighted by Crippen LogP contribution is 2.28. The van der Waals surface area contributed by atoms with Crippen LogP contribution in [0.4, 0.5) is 5.13 Å². The zero-order valence-corrected chi connectivity index (χ0v) is 14.2. The summed E-state index contributed by atoms with van der Waals surface area (Å²) in [5.41, 5.74) is 1.94. The van der Waals surface area contributed by atoms with Gasteiger partial charge in [-0.2, -0.15) is 0 Å². The largest absolute Gasteiger partial charge is 0.496 e. The van der Waals surface area contributed by atoms with Gasteiger partial charge < -0.3 is 10.1 Å². The molecule has 2 heterocycles. The Bertz CT molecular complexity index is 782. The van der Waals surface area contributed by atoms with E-state index in [9.17, 15) is 4.79 Å². The zero-order valence-electron chi connectivity index (χ0n) is 12.6. The van der Waals surface area contributed by atoms with Crippen molar-refractivity contribution in [1.29, 1.82) is 0 Å². The van der Waals surface area contributed by atoms with Crippen molar-refractivity contribution in [3.05, 3.63) is 52.7 Å². The number of ether oxygens (including phenoxy) is 1. The summed E-state index contributed by atoms with van der Waals surface area (Å²) >= 11 is 3.08. The number of hydrogen-bond acceptors (Lipinski definition) is 5. The van der Waals surface area contributed by atoms with E-state index >= 15 is 0 Å². The third-order valence-electron chi connectivity index (χ3n) is 3.34. The van der Waals surface area contributed by atoms with Crippen LogP contribution in [0.3, 0.4) is 0 Å². The smallest absolute Gasteiger partial charge is 0.226 e. The van der Waals surface area contributed by atoms with Gasteiger partial charge in [-0.25, -0.2) is 4.98 Å². The Morgan fingerprint density at radius 3 is 2.87 bits per heavy atom. The summed E-state index contributed by atoms with van der Waals surface area (Å²) < 4.78 is 5.30. The first-order valence-electron chi connectivity index (χ1n) is 7.17. The van der Waals surface area contributed by atoms with Gasteiger partial charge in [0.15, 0.2) is 5.13 Å². The number of rotatable bonds is 6. The first-order chi connectivity index (χ1) is 11.3. The van der Waals surface area contributed by atoms with Crippen LogP contribution in [0, 0.1) is 0 Å². The molecule has 0 aliphatic rings. The monoisotopic (exact) mass is 344 g/mol. The van der Waals surface area contributed by atoms with Gasteiger partial charge in [0.1, 0.15) is 5.75 Å². The Labute approximate surface area is 142 Å². The number of nitrogens with one attached hydrogen (secondary N) is 1. The lowest BCUT2D eigenvalue weighted by molar-refractivity contribution is -0.116. The summed E-state index contributed by atoms with van der Waals surface area (Å²) in [6, 6.07) is 11.8. The summed E-state index contributed by atoms with van der Waals surface area (Å²) in [7, 11) is 1.64. The van der Waals surface area contributed by atoms with Crippen molar-refractivity contribution in [2.75, 3.05) is 12.4 Å². The van der Waals surface area contributed by atoms with E-state index in [-0.39, 0.29) is 5.91 Å². The Morgan fingerprint density at radius 2 is 2.09 bits per heavy atom. The number of para-hydroxylation sites is 1. The van der Waals surface area contributed by atoms with Crippen LogP contribution in [0.1, 0.15) is 12.0 Å². The Hall–Kier alpha value is -2.18. The number of thiophene rings is 1. The van der Waals surface area contributed by atoms with Gasteiger partial charge in [0.2, 0.25) is 5.91 Å². The van der Waals surface area contributed by atoms with E-state index < -0.39 is 0 Å². The predicted molar refractivity (Wildman–Crippen MR) is 95.4 cm³/mol. The van der Waals surface area contributed by atoms with E-state index in [4.69, 9.17) is 4.74 Å². The minimum Gasteiger partial charge on any atom is -0.496 e. The van der Waals surface area contributed by atoms with Gasteiger partial charge >= 0.3 is 0 Å². The number of hydrogen-bond donors (Lipinski definition) is 1. The maximum atomic E-state index is 12.1. The SMILES string of the molecule is COc1ccccc1CCC(=O)Nc1nc(-c2cccs2)cs1. The number of nitrogens with zero attached hydrogens (tertiary/aromatic N) is 1. The minimum absolute atomic E-state index is 0.0389. The van der Waals surface area contributed by atoms with Crippen LogP contribution in [-0.2, 0) is 11.2 Å². The van der Waals surface area contributed by atoms with Crippen LogP contribution < -0.4 is 10.1 Å². The summed E-state index contributed by atoms with van der Waals surface area (Å²) in [5, 5.41) is 7.48. The Kier molecular flexibility index (Phi) is 5.05. The molecule has 2 aromatic heterocycles. The number of amides is 1. The number of anilines is 1. The molecule has 0 atom stereocenters. The molecular formula is C17H16N2O2S2. The molecule has 0 fully saturated rings. The fraction of sp³-hybridized carbons (Fsp3) is 0.176. The van der Waals surface area contributed by atoms with Crippen LogP contribution in [0.2, 0.25) is 0 Å². The highest BCUT2D eigenvalue weighted by molar-refractivity contribution is 7.16. The van der Waals surface area contributed by atoms with Crippen molar-refractivity contribution < 1.29 is 9.53 Å². The Balaban J connectivity index is 1.57. The number of benzene rings is 1. The van der Waals surface area contributed by atoms with E-state index in [0.29, 0.717) is 18.0 Å². The molecule has 6 heteroatoms. The van der Waals surface area contributed by atoms with Crippen LogP contribution in [-0.4, -0.2) is 18.0 Å². The quantitative estimate of drug-likeness (QED) is 0.719. The van der Waals surface area contributed by atoms with Gasteiger partial charge in [-0.05, 0) is 29.5 Å². The number of carbonyl (C=O) groups excluding carboxylic acids is 1. The molecule has 0 saturated carbocycles. The number of aryl methyl sites for hydroxylation is 1. The normalized spacial score (nSPS) is 10.5. The molecule has 0 bridgehead atoms. The van der Waals surface area contributed by atoms with E-state index in [1.807, 2.05) is 47.2 Å². The van der Waals surface area contributed by atoms with Crippen molar-refractivity contribution in [1.82, 2.24) is 4.98 Å². The third-order valence-corrected chi connectivity index (χ3v) is 4.99. The molecule has 3 rings (SSSR count). The van der Waals surface area contributed by atoms with Crippen LogP contribution in [0.25, 0.3) is 10.6 Å². The lowest BCUT2D eigenvalue weighted by Gasteiger charge is -2.07. The van der Waals surface area contributed by atoms with E-state index in [0.717, 1.165) is 21.9 Å². The second-order valence-electron chi connectivity index (χ2n) is 4.88. The molecule has 1 aromatic carbocycles. The van der Waals surface area contributed by atoms with Crippen molar-refractivity contribution in [2.24, 2.45) is 0 Å². The molecular weight excluding hydrogens is 328 g/mol. The first-order valence-corrected chi connectivity index (χ1v) is 8.93. The maximum absolute atomic E-state index is 12.1. The average Bonchev–Trinajstić information content (AvgIpc) is 3.24.